The highest BCUT2D eigenvalue weighted by molar-refractivity contribution is 6.01. The Kier molecular flexibility index (Phi) is 7.09. The second-order valence-electron chi connectivity index (χ2n) is 6.39. The third kappa shape index (κ3) is 5.32. The summed E-state index contributed by atoms with van der Waals surface area (Å²) in [5, 5.41) is 12.1. The first-order valence-electron chi connectivity index (χ1n) is 9.37. The van der Waals surface area contributed by atoms with Crippen molar-refractivity contribution in [2.24, 2.45) is 0 Å². The molecule has 9 heteroatoms. The second kappa shape index (κ2) is 10.1. The summed E-state index contributed by atoms with van der Waals surface area (Å²) in [5.74, 6) is -0.951. The maximum Gasteiger partial charge on any atom is 0.269 e. The van der Waals surface area contributed by atoms with Gasteiger partial charge in [0.1, 0.15) is 34.4 Å². The molecule has 0 aliphatic carbocycles. The summed E-state index contributed by atoms with van der Waals surface area (Å²) >= 11 is 0. The highest BCUT2D eigenvalue weighted by atomic mass is 19.1. The number of amides is 1. The average molecular weight is 422 g/mol. The highest BCUT2D eigenvalue weighted by Crippen LogP contribution is 2.24. The Morgan fingerprint density at radius 2 is 2.06 bits per heavy atom. The number of benzene rings is 1. The zero-order valence-corrected chi connectivity index (χ0v) is 16.7. The summed E-state index contributed by atoms with van der Waals surface area (Å²) < 4.78 is 25.1. The van der Waals surface area contributed by atoms with E-state index in [4.69, 9.17) is 9.47 Å². The molecule has 0 unspecified atom stereocenters. The SMILES string of the molecule is COCCCNC(=O)/C(C#N)=C/c1c(Oc2ccc(F)cc2)nc2ccccn2c1=O. The molecular formula is C22H19FN4O4. The van der Waals surface area contributed by atoms with Crippen molar-refractivity contribution in [2.75, 3.05) is 20.3 Å². The summed E-state index contributed by atoms with van der Waals surface area (Å²) in [6, 6.07) is 11.9. The molecule has 0 spiro atoms. The van der Waals surface area contributed by atoms with Gasteiger partial charge in [0, 0.05) is 26.5 Å². The summed E-state index contributed by atoms with van der Waals surface area (Å²) in [6.45, 7) is 0.761. The lowest BCUT2D eigenvalue weighted by atomic mass is 10.1. The fourth-order valence-corrected chi connectivity index (χ4v) is 2.70. The van der Waals surface area contributed by atoms with Gasteiger partial charge in [0.25, 0.3) is 11.5 Å². The van der Waals surface area contributed by atoms with Gasteiger partial charge in [-0.2, -0.15) is 10.2 Å². The summed E-state index contributed by atoms with van der Waals surface area (Å²) in [5.41, 5.74) is -0.584. The Labute approximate surface area is 177 Å². The van der Waals surface area contributed by atoms with E-state index >= 15 is 0 Å². The third-order valence-corrected chi connectivity index (χ3v) is 4.23. The third-order valence-electron chi connectivity index (χ3n) is 4.23. The van der Waals surface area contributed by atoms with Gasteiger partial charge in [0.05, 0.1) is 0 Å². The molecule has 8 nitrogen and oxygen atoms in total. The fraction of sp³-hybridized carbons (Fsp3) is 0.182. The van der Waals surface area contributed by atoms with Gasteiger partial charge in [-0.15, -0.1) is 0 Å². The number of methoxy groups -OCH3 is 1. The van der Waals surface area contributed by atoms with E-state index in [1.165, 1.54) is 34.9 Å². The van der Waals surface area contributed by atoms with Crippen LogP contribution in [0.5, 0.6) is 11.6 Å². The zero-order chi connectivity index (χ0) is 22.2. The minimum atomic E-state index is -0.635. The van der Waals surface area contributed by atoms with Crippen molar-refractivity contribution in [1.82, 2.24) is 14.7 Å². The minimum Gasteiger partial charge on any atom is -0.438 e. The predicted octanol–water partition coefficient (Wildman–Crippen LogP) is 2.69. The Balaban J connectivity index is 2.04. The molecule has 0 atom stereocenters. The standard InChI is InChI=1S/C22H19FN4O4/c1-30-12-4-10-25-20(28)15(14-24)13-18-21(31-17-8-6-16(23)7-9-17)26-19-5-2-3-11-27(19)22(18)29/h2-3,5-9,11,13H,4,10,12H2,1H3,(H,25,28)/b15-13+. The van der Waals surface area contributed by atoms with Crippen LogP contribution < -0.4 is 15.6 Å². The van der Waals surface area contributed by atoms with Crippen LogP contribution >= 0.6 is 0 Å². The number of rotatable bonds is 8. The Bertz CT molecular complexity index is 1210. The van der Waals surface area contributed by atoms with Crippen LogP contribution in [0.1, 0.15) is 12.0 Å². The molecule has 1 amide bonds. The number of carbonyl (C=O) groups is 1. The van der Waals surface area contributed by atoms with E-state index in [1.54, 1.807) is 31.4 Å². The largest absolute Gasteiger partial charge is 0.438 e. The van der Waals surface area contributed by atoms with Crippen molar-refractivity contribution in [3.8, 4) is 17.7 Å². The van der Waals surface area contributed by atoms with Crippen LogP contribution in [0.2, 0.25) is 0 Å². The van der Waals surface area contributed by atoms with Crippen LogP contribution in [0.3, 0.4) is 0 Å². The molecule has 0 radical (unpaired) electrons. The summed E-state index contributed by atoms with van der Waals surface area (Å²) in [6.07, 6.45) is 3.22. The van der Waals surface area contributed by atoms with Gasteiger partial charge in [-0.3, -0.25) is 14.0 Å². The van der Waals surface area contributed by atoms with Crippen LogP contribution in [0.4, 0.5) is 4.39 Å². The van der Waals surface area contributed by atoms with Crippen LogP contribution in [-0.4, -0.2) is 35.6 Å². The van der Waals surface area contributed by atoms with Gasteiger partial charge >= 0.3 is 0 Å². The molecule has 1 aromatic carbocycles. The predicted molar refractivity (Wildman–Crippen MR) is 111 cm³/mol. The van der Waals surface area contributed by atoms with E-state index in [1.807, 2.05) is 0 Å². The summed E-state index contributed by atoms with van der Waals surface area (Å²) in [7, 11) is 1.55. The van der Waals surface area contributed by atoms with Crippen molar-refractivity contribution in [3.63, 3.8) is 0 Å². The quantitative estimate of drug-likeness (QED) is 0.340. The number of carbonyl (C=O) groups excluding carboxylic acids is 1. The van der Waals surface area contributed by atoms with E-state index in [0.29, 0.717) is 25.2 Å². The topological polar surface area (TPSA) is 106 Å². The highest BCUT2D eigenvalue weighted by Gasteiger charge is 2.17. The van der Waals surface area contributed by atoms with E-state index < -0.39 is 17.3 Å². The molecular weight excluding hydrogens is 403 g/mol. The molecule has 2 heterocycles. The minimum absolute atomic E-state index is 0.0865. The molecule has 3 rings (SSSR count). The van der Waals surface area contributed by atoms with Crippen molar-refractivity contribution in [1.29, 1.82) is 5.26 Å². The van der Waals surface area contributed by atoms with Crippen molar-refractivity contribution >= 4 is 17.6 Å². The molecule has 2 aromatic heterocycles. The first kappa shape index (κ1) is 21.7. The maximum atomic E-state index is 13.2. The lowest BCUT2D eigenvalue weighted by Gasteiger charge is -2.10. The molecule has 0 aliphatic rings. The average Bonchev–Trinajstić information content (AvgIpc) is 2.78. The monoisotopic (exact) mass is 422 g/mol. The smallest absolute Gasteiger partial charge is 0.269 e. The van der Waals surface area contributed by atoms with Gasteiger partial charge in [0.2, 0.25) is 5.88 Å². The fourth-order valence-electron chi connectivity index (χ4n) is 2.70. The molecule has 158 valence electrons. The van der Waals surface area contributed by atoms with Crippen LogP contribution in [0.15, 0.2) is 59.0 Å². The number of aromatic nitrogens is 2. The molecule has 1 N–H and O–H groups in total. The van der Waals surface area contributed by atoms with E-state index in [2.05, 4.69) is 10.3 Å². The molecule has 3 aromatic rings. The zero-order valence-electron chi connectivity index (χ0n) is 16.7. The number of pyridine rings is 1. The lowest BCUT2D eigenvalue weighted by Crippen LogP contribution is -2.27. The first-order chi connectivity index (χ1) is 15.0. The molecule has 0 fully saturated rings. The number of nitriles is 1. The van der Waals surface area contributed by atoms with Crippen LogP contribution in [0.25, 0.3) is 11.7 Å². The molecule has 0 saturated carbocycles. The maximum absolute atomic E-state index is 13.2. The van der Waals surface area contributed by atoms with E-state index in [0.717, 1.165) is 6.08 Å². The normalized spacial score (nSPS) is 11.2. The lowest BCUT2D eigenvalue weighted by molar-refractivity contribution is -0.117. The Hall–Kier alpha value is -4.03. The van der Waals surface area contributed by atoms with Crippen LogP contribution in [-0.2, 0) is 9.53 Å². The van der Waals surface area contributed by atoms with Crippen molar-refractivity contribution in [2.45, 2.75) is 6.42 Å². The number of hydrogen-bond acceptors (Lipinski definition) is 6. The number of halogens is 1. The number of fused-ring (bicyclic) bond motifs is 1. The molecule has 0 bridgehead atoms. The van der Waals surface area contributed by atoms with E-state index in [-0.39, 0.29) is 22.8 Å². The first-order valence-corrected chi connectivity index (χ1v) is 9.37. The van der Waals surface area contributed by atoms with Gasteiger partial charge in [-0.1, -0.05) is 6.07 Å². The van der Waals surface area contributed by atoms with Gasteiger partial charge < -0.3 is 14.8 Å². The Morgan fingerprint density at radius 3 is 2.77 bits per heavy atom. The number of ether oxygens (including phenoxy) is 2. The van der Waals surface area contributed by atoms with E-state index in [9.17, 15) is 19.2 Å². The number of hydrogen-bond donors (Lipinski definition) is 1. The van der Waals surface area contributed by atoms with Crippen LogP contribution in [0, 0.1) is 17.1 Å². The number of nitrogens with zero attached hydrogens (tertiary/aromatic N) is 3. The molecule has 0 saturated heterocycles. The van der Waals surface area contributed by atoms with Gasteiger partial charge in [-0.25, -0.2) is 4.39 Å². The van der Waals surface area contributed by atoms with Gasteiger partial charge in [-0.05, 0) is 48.9 Å². The van der Waals surface area contributed by atoms with Crippen molar-refractivity contribution in [3.05, 3.63) is 76.0 Å². The Morgan fingerprint density at radius 1 is 1.29 bits per heavy atom. The number of nitrogens with one attached hydrogen (secondary N) is 1. The molecule has 0 aliphatic heterocycles. The second-order valence-corrected chi connectivity index (χ2v) is 6.39. The van der Waals surface area contributed by atoms with Crippen molar-refractivity contribution < 1.29 is 18.7 Å². The summed E-state index contributed by atoms with van der Waals surface area (Å²) in [4.78, 5) is 29.7. The van der Waals surface area contributed by atoms with Gasteiger partial charge in [0.15, 0.2) is 0 Å². The molecule has 31 heavy (non-hydrogen) atoms.